The molecule has 0 spiro atoms. The number of allylic oxidation sites excluding steroid dienone is 3. The molecule has 9 atom stereocenters. The van der Waals surface area contributed by atoms with Crippen LogP contribution >= 0.6 is 0 Å². The quantitative estimate of drug-likeness (QED) is 0.363. The van der Waals surface area contributed by atoms with Gasteiger partial charge >= 0.3 is 0 Å². The Bertz CT molecular complexity index is 791. The summed E-state index contributed by atoms with van der Waals surface area (Å²) in [7, 11) is 0. The predicted octanol–water partition coefficient (Wildman–Crippen LogP) is 6.81. The van der Waals surface area contributed by atoms with Gasteiger partial charge in [-0.25, -0.2) is 0 Å². The Hall–Kier alpha value is -0.640. The lowest BCUT2D eigenvalue weighted by molar-refractivity contribution is -0.0558. The summed E-state index contributed by atoms with van der Waals surface area (Å²) in [6.45, 7) is 13.6. The minimum Gasteiger partial charge on any atom is -0.393 e. The first-order chi connectivity index (χ1) is 15.9. The number of aliphatic hydroxyl groups excluding tert-OH is 2. The molecule has 0 saturated heterocycles. The number of unbranched alkanes of at least 4 members (excludes halogenated alkanes) is 1. The van der Waals surface area contributed by atoms with Gasteiger partial charge in [0, 0.05) is 11.8 Å². The molecule has 0 aromatic rings. The van der Waals surface area contributed by atoms with E-state index in [0.29, 0.717) is 35.5 Å². The number of aliphatic hydroxyl groups is 3. The molecule has 3 heteroatoms. The lowest BCUT2D eigenvalue weighted by atomic mass is 9.49. The lowest BCUT2D eigenvalue weighted by Crippen LogP contribution is -2.52. The lowest BCUT2D eigenvalue weighted by Gasteiger charge is -2.56. The van der Waals surface area contributed by atoms with Gasteiger partial charge in [0.05, 0.1) is 17.8 Å². The highest BCUT2D eigenvalue weighted by Gasteiger charge is 2.59. The van der Waals surface area contributed by atoms with E-state index >= 15 is 0 Å². The maximum Gasteiger partial charge on any atom is 0.0661 e. The van der Waals surface area contributed by atoms with E-state index in [9.17, 15) is 15.3 Å². The van der Waals surface area contributed by atoms with Crippen LogP contribution in [-0.4, -0.2) is 33.1 Å². The predicted molar refractivity (Wildman–Crippen MR) is 140 cm³/mol. The zero-order valence-electron chi connectivity index (χ0n) is 22.8. The molecule has 0 bridgehead atoms. The highest BCUT2D eigenvalue weighted by atomic mass is 16.3. The Labute approximate surface area is 209 Å². The zero-order chi connectivity index (χ0) is 24.9. The van der Waals surface area contributed by atoms with Crippen LogP contribution in [0.1, 0.15) is 112 Å². The van der Waals surface area contributed by atoms with Gasteiger partial charge in [0.2, 0.25) is 0 Å². The fourth-order valence-corrected chi connectivity index (χ4v) is 8.96. The maximum atomic E-state index is 11.1. The van der Waals surface area contributed by atoms with E-state index in [1.54, 1.807) is 5.57 Å². The van der Waals surface area contributed by atoms with Crippen molar-refractivity contribution in [2.75, 3.05) is 0 Å². The number of fused-ring (bicyclic) bond motifs is 5. The molecule has 0 heterocycles. The van der Waals surface area contributed by atoms with Gasteiger partial charge < -0.3 is 15.3 Å². The van der Waals surface area contributed by atoms with E-state index in [2.05, 4.69) is 39.8 Å². The van der Waals surface area contributed by atoms with Crippen LogP contribution in [0.2, 0.25) is 0 Å². The summed E-state index contributed by atoms with van der Waals surface area (Å²) < 4.78 is 0. The standard InChI is InChI=1S/C31H52O3/c1-7-8-9-21(14-16-29(3,4)34)20(2)25-12-13-26-24-11-10-22-18-23(32)19-28(33)31(22,6)27(24)15-17-30(25,26)5/h10-11,20-21,23,25-28,32-34H,7-9,12-19H2,1-6H3/t20-,21+,23+,25+,26-,27?,28-,30+,31-/m0/s1. The second-order valence-corrected chi connectivity index (χ2v) is 13.7. The zero-order valence-corrected chi connectivity index (χ0v) is 22.8. The fraction of sp³-hybridized carbons (Fsp3) is 0.871. The van der Waals surface area contributed by atoms with E-state index in [4.69, 9.17) is 0 Å². The molecule has 4 aliphatic rings. The average molecular weight is 473 g/mol. The molecule has 3 fully saturated rings. The van der Waals surface area contributed by atoms with E-state index in [1.807, 2.05) is 13.8 Å². The summed E-state index contributed by atoms with van der Waals surface area (Å²) >= 11 is 0. The summed E-state index contributed by atoms with van der Waals surface area (Å²) in [4.78, 5) is 0. The van der Waals surface area contributed by atoms with Gasteiger partial charge in [-0.2, -0.15) is 0 Å². The van der Waals surface area contributed by atoms with Crippen LogP contribution < -0.4 is 0 Å². The molecule has 1 unspecified atom stereocenters. The molecule has 0 aromatic carbocycles. The number of hydrogen-bond acceptors (Lipinski definition) is 3. The van der Waals surface area contributed by atoms with Crippen LogP contribution in [-0.2, 0) is 0 Å². The Morgan fingerprint density at radius 1 is 1.06 bits per heavy atom. The summed E-state index contributed by atoms with van der Waals surface area (Å²) in [6, 6.07) is 0. The van der Waals surface area contributed by atoms with E-state index in [0.717, 1.165) is 31.6 Å². The van der Waals surface area contributed by atoms with Crippen LogP contribution in [0.25, 0.3) is 0 Å². The molecular weight excluding hydrogens is 420 g/mol. The van der Waals surface area contributed by atoms with Crippen molar-refractivity contribution in [3.63, 3.8) is 0 Å². The van der Waals surface area contributed by atoms with Crippen molar-refractivity contribution in [2.45, 2.75) is 130 Å². The Balaban J connectivity index is 1.57. The van der Waals surface area contributed by atoms with Crippen molar-refractivity contribution in [1.82, 2.24) is 0 Å². The van der Waals surface area contributed by atoms with Gasteiger partial charge in [-0.3, -0.25) is 0 Å². The minimum absolute atomic E-state index is 0.204. The summed E-state index contributed by atoms with van der Waals surface area (Å²) in [5.41, 5.74) is 2.43. The van der Waals surface area contributed by atoms with Gasteiger partial charge in [0.25, 0.3) is 0 Å². The third-order valence-corrected chi connectivity index (χ3v) is 11.2. The topological polar surface area (TPSA) is 60.7 Å². The second-order valence-electron chi connectivity index (χ2n) is 13.7. The van der Waals surface area contributed by atoms with E-state index < -0.39 is 17.8 Å². The third-order valence-electron chi connectivity index (χ3n) is 11.2. The van der Waals surface area contributed by atoms with Crippen LogP contribution in [0, 0.1) is 40.4 Å². The van der Waals surface area contributed by atoms with Crippen molar-refractivity contribution in [1.29, 1.82) is 0 Å². The van der Waals surface area contributed by atoms with Gasteiger partial charge in [0.1, 0.15) is 0 Å². The SMILES string of the molecule is CCCC[C@H](CCC(C)(C)O)[C@H](C)[C@H]1CC[C@H]2C3=CC=C4C[C@@H](O)C[C@H](O)[C@]4(C)C3CC[C@]12C. The van der Waals surface area contributed by atoms with Crippen molar-refractivity contribution >= 4 is 0 Å². The first-order valence-electron chi connectivity index (χ1n) is 14.4. The number of rotatable bonds is 8. The molecule has 0 radical (unpaired) electrons. The Kier molecular flexibility index (Phi) is 7.52. The molecule has 0 aliphatic heterocycles. The molecule has 4 rings (SSSR count). The van der Waals surface area contributed by atoms with Crippen molar-refractivity contribution in [2.24, 2.45) is 40.4 Å². The Morgan fingerprint density at radius 2 is 1.79 bits per heavy atom. The average Bonchev–Trinajstić information content (AvgIpc) is 3.11. The van der Waals surface area contributed by atoms with Crippen LogP contribution in [0.5, 0.6) is 0 Å². The normalized spacial score (nSPS) is 41.6. The van der Waals surface area contributed by atoms with Crippen LogP contribution in [0.3, 0.4) is 0 Å². The fourth-order valence-electron chi connectivity index (χ4n) is 8.96. The van der Waals surface area contributed by atoms with Crippen molar-refractivity contribution < 1.29 is 15.3 Å². The number of hydrogen-bond donors (Lipinski definition) is 3. The van der Waals surface area contributed by atoms with Gasteiger partial charge in [-0.1, -0.05) is 70.3 Å². The van der Waals surface area contributed by atoms with Gasteiger partial charge in [-0.15, -0.1) is 0 Å². The molecule has 3 saturated carbocycles. The Morgan fingerprint density at radius 3 is 2.47 bits per heavy atom. The molecular formula is C31H52O3. The molecule has 3 N–H and O–H groups in total. The first kappa shape index (κ1) is 26.4. The highest BCUT2D eigenvalue weighted by molar-refractivity contribution is 5.40. The smallest absolute Gasteiger partial charge is 0.0661 e. The van der Waals surface area contributed by atoms with Gasteiger partial charge in [-0.05, 0) is 93.8 Å². The summed E-state index contributed by atoms with van der Waals surface area (Å²) in [5, 5.41) is 31.8. The summed E-state index contributed by atoms with van der Waals surface area (Å²) in [6.07, 6.45) is 15.9. The van der Waals surface area contributed by atoms with E-state index in [1.165, 1.54) is 44.1 Å². The first-order valence-corrected chi connectivity index (χ1v) is 14.4. The summed E-state index contributed by atoms with van der Waals surface area (Å²) in [5.74, 6) is 3.15. The molecule has 34 heavy (non-hydrogen) atoms. The van der Waals surface area contributed by atoms with Crippen molar-refractivity contribution in [3.05, 3.63) is 23.3 Å². The van der Waals surface area contributed by atoms with Crippen LogP contribution in [0.15, 0.2) is 23.3 Å². The monoisotopic (exact) mass is 472 g/mol. The highest BCUT2D eigenvalue weighted by Crippen LogP contribution is 2.66. The third kappa shape index (κ3) is 4.59. The van der Waals surface area contributed by atoms with Crippen molar-refractivity contribution in [3.8, 4) is 0 Å². The van der Waals surface area contributed by atoms with E-state index in [-0.39, 0.29) is 5.41 Å². The maximum absolute atomic E-state index is 11.1. The van der Waals surface area contributed by atoms with Crippen LogP contribution in [0.4, 0.5) is 0 Å². The molecule has 194 valence electrons. The molecule has 0 aromatic heterocycles. The minimum atomic E-state index is -0.578. The molecule has 3 nitrogen and oxygen atoms in total. The van der Waals surface area contributed by atoms with Gasteiger partial charge in [0.15, 0.2) is 0 Å². The molecule has 4 aliphatic carbocycles. The molecule has 0 amide bonds. The largest absolute Gasteiger partial charge is 0.393 e. The second kappa shape index (κ2) is 9.67.